The fourth-order valence-electron chi connectivity index (χ4n) is 5.69. The summed E-state index contributed by atoms with van der Waals surface area (Å²) in [7, 11) is 0. The van der Waals surface area contributed by atoms with Crippen LogP contribution in [0.4, 0.5) is 29.2 Å². The lowest BCUT2D eigenvalue weighted by molar-refractivity contribution is 0.171. The van der Waals surface area contributed by atoms with Gasteiger partial charge in [0.2, 0.25) is 0 Å². The number of benzene rings is 2. The number of rotatable bonds is 14. The van der Waals surface area contributed by atoms with Gasteiger partial charge in [0.05, 0.1) is 24.5 Å². The van der Waals surface area contributed by atoms with Gasteiger partial charge >= 0.3 is 0 Å². The van der Waals surface area contributed by atoms with E-state index in [9.17, 15) is 32.3 Å². The van der Waals surface area contributed by atoms with Crippen molar-refractivity contribution in [2.24, 2.45) is 0 Å². The van der Waals surface area contributed by atoms with Gasteiger partial charge in [-0.15, -0.1) is 0 Å². The second kappa shape index (κ2) is 19.1. The summed E-state index contributed by atoms with van der Waals surface area (Å²) in [6, 6.07) is 7.81. The minimum atomic E-state index is -0.913. The molecule has 0 bridgehead atoms. The monoisotopic (exact) mass is 812 g/mol. The van der Waals surface area contributed by atoms with Crippen LogP contribution in [0.15, 0.2) is 68.7 Å². The third kappa shape index (κ3) is 10.4. The van der Waals surface area contributed by atoms with Gasteiger partial charge in [-0.2, -0.15) is 0 Å². The number of aliphatic hydroxyl groups excluding tert-OH is 2. The van der Waals surface area contributed by atoms with Gasteiger partial charge in [0.15, 0.2) is 56.5 Å². The van der Waals surface area contributed by atoms with Crippen LogP contribution in [0.1, 0.15) is 49.7 Å². The van der Waals surface area contributed by atoms with Gasteiger partial charge in [-0.3, -0.25) is 9.59 Å². The molecule has 1 aliphatic rings. The molecule has 0 aliphatic heterocycles. The van der Waals surface area contributed by atoms with Crippen molar-refractivity contribution in [1.82, 2.24) is 39.9 Å². The van der Waals surface area contributed by atoms with Crippen LogP contribution in [-0.4, -0.2) is 75.4 Å². The molecule has 1 fully saturated rings. The quantitative estimate of drug-likeness (QED) is 0.0349. The van der Waals surface area contributed by atoms with Crippen LogP contribution in [0.25, 0.3) is 22.3 Å². The van der Waals surface area contributed by atoms with E-state index >= 15 is 0 Å². The number of nitrogens with zero attached hydrogens (tertiary/aromatic N) is 6. The van der Waals surface area contributed by atoms with Crippen LogP contribution in [0.5, 0.6) is 0 Å². The average Bonchev–Trinajstić information content (AvgIpc) is 3.59. The molecule has 0 saturated heterocycles. The first-order chi connectivity index (χ1) is 27.1. The van der Waals surface area contributed by atoms with E-state index in [4.69, 9.17) is 5.11 Å². The number of fused-ring (bicyclic) bond motifs is 2. The summed E-state index contributed by atoms with van der Waals surface area (Å²) < 4.78 is 54.5. The fraction of sp³-hybridized carbons (Fsp3) is 0.333. The normalized spacial score (nSPS) is 15.2. The summed E-state index contributed by atoms with van der Waals surface area (Å²) in [4.78, 5) is 54.0. The van der Waals surface area contributed by atoms with Crippen molar-refractivity contribution in [2.75, 3.05) is 23.8 Å². The zero-order chi connectivity index (χ0) is 39.6. The minimum absolute atomic E-state index is 0.116. The van der Waals surface area contributed by atoms with Crippen molar-refractivity contribution in [1.29, 1.82) is 0 Å². The van der Waals surface area contributed by atoms with Gasteiger partial charge in [0, 0.05) is 35.8 Å². The zero-order valence-electron chi connectivity index (χ0n) is 29.6. The second-order valence-corrected chi connectivity index (χ2v) is 14.4. The topological polar surface area (TPSA) is 208 Å². The molecule has 2 atom stereocenters. The lowest BCUT2D eigenvalue weighted by Gasteiger charge is -2.18. The predicted molar refractivity (Wildman–Crippen MR) is 204 cm³/mol. The number of hydrogen-bond acceptors (Lipinski definition) is 14. The summed E-state index contributed by atoms with van der Waals surface area (Å²) >= 11 is 2.24. The van der Waals surface area contributed by atoms with Crippen molar-refractivity contribution in [3.05, 3.63) is 104 Å². The van der Waals surface area contributed by atoms with Crippen LogP contribution in [0.2, 0.25) is 0 Å². The Bertz CT molecular complexity index is 2430. The van der Waals surface area contributed by atoms with Gasteiger partial charge in [0.1, 0.15) is 11.0 Å². The molecule has 14 nitrogen and oxygen atoms in total. The number of unbranched alkanes of at least 4 members (excludes halogenated alkanes) is 2. The summed E-state index contributed by atoms with van der Waals surface area (Å²) in [5.74, 6) is -2.53. The fourth-order valence-corrected chi connectivity index (χ4v) is 7.33. The lowest BCUT2D eigenvalue weighted by atomic mass is 10.2. The van der Waals surface area contributed by atoms with E-state index in [-0.39, 0.29) is 51.7 Å². The number of aliphatic hydroxyl groups is 2. The Balaban J connectivity index is 0.000000190. The Kier molecular flexibility index (Phi) is 13.8. The van der Waals surface area contributed by atoms with E-state index < -0.39 is 40.5 Å². The second-order valence-electron chi connectivity index (χ2n) is 12.6. The molecule has 56 heavy (non-hydrogen) atoms. The van der Waals surface area contributed by atoms with Gasteiger partial charge in [-0.1, -0.05) is 47.8 Å². The highest BCUT2D eigenvalue weighted by molar-refractivity contribution is 7.98. The number of anilines is 2. The van der Waals surface area contributed by atoms with Crippen LogP contribution >= 0.6 is 23.5 Å². The number of halogens is 4. The molecule has 4 heterocycles. The molecule has 294 valence electrons. The molecule has 0 spiro atoms. The first-order valence-corrected chi connectivity index (χ1v) is 19.5. The van der Waals surface area contributed by atoms with Crippen LogP contribution < -0.4 is 21.8 Å². The molecule has 0 unspecified atom stereocenters. The van der Waals surface area contributed by atoms with Crippen LogP contribution in [0.3, 0.4) is 0 Å². The first kappa shape index (κ1) is 40.5. The standard InChI is InChI=1S/C18H17F2N5O2S.C18H19F2N5O2S/c19-10-4-1-3-9(14(10)20)8-28-18-24-16(22-11-5-2-6-12(11)26)15-17(25-18)23-13(27)7-21-15;19-12-6-4-5-11(14(12)20)10-28-18-24-16(21-7-2-1-3-8-26)15-17(25-18)23-13(27)9-22-15/h1,3-4,7,11-12,26H,2,5-6,8H2,(H2,22,23,24,25,27);4-6,9,26H,1-3,7-8,10H2,(H2,21,23,24,25,27)/t11-,12-;/m1./s1. The SMILES string of the molecule is O=c1cnc2c(NCCCCCO)nc(SCc3cccc(F)c3F)nc2[nH]1.O=c1cnc2c(N[C@@H]3CCC[C@H]3O)nc(SCc3cccc(F)c3F)nc2[nH]1. The number of aromatic nitrogens is 8. The third-order valence-corrected chi connectivity index (χ3v) is 10.3. The number of hydrogen-bond donors (Lipinski definition) is 6. The van der Waals surface area contributed by atoms with Crippen LogP contribution in [-0.2, 0) is 11.5 Å². The number of aromatic amines is 2. The highest BCUT2D eigenvalue weighted by Gasteiger charge is 2.26. The molecule has 4 aromatic heterocycles. The van der Waals surface area contributed by atoms with Gasteiger partial charge in [0.25, 0.3) is 11.1 Å². The molecule has 0 amide bonds. The van der Waals surface area contributed by atoms with Crippen molar-refractivity contribution in [3.63, 3.8) is 0 Å². The van der Waals surface area contributed by atoms with Gasteiger partial charge < -0.3 is 30.8 Å². The van der Waals surface area contributed by atoms with E-state index in [2.05, 4.69) is 50.5 Å². The van der Waals surface area contributed by atoms with E-state index in [0.717, 1.165) is 80.2 Å². The van der Waals surface area contributed by atoms with E-state index in [1.807, 2.05) is 0 Å². The maximum atomic E-state index is 13.9. The summed E-state index contributed by atoms with van der Waals surface area (Å²) in [6.07, 6.45) is 6.58. The van der Waals surface area contributed by atoms with Gasteiger partial charge in [-0.05, 0) is 50.7 Å². The Labute approximate surface area is 324 Å². The number of nitrogens with one attached hydrogen (secondary N) is 4. The number of thioether (sulfide) groups is 2. The predicted octanol–water partition coefficient (Wildman–Crippen LogP) is 5.47. The molecule has 6 aromatic rings. The largest absolute Gasteiger partial charge is 0.396 e. The van der Waals surface area contributed by atoms with Crippen molar-refractivity contribution in [3.8, 4) is 0 Å². The first-order valence-electron chi connectivity index (χ1n) is 17.5. The maximum Gasteiger partial charge on any atom is 0.268 e. The average molecular weight is 813 g/mol. The molecule has 6 N–H and O–H groups in total. The molecule has 1 saturated carbocycles. The van der Waals surface area contributed by atoms with E-state index in [1.165, 1.54) is 24.3 Å². The summed E-state index contributed by atoms with van der Waals surface area (Å²) in [6.45, 7) is 0.756. The molecule has 1 aliphatic carbocycles. The number of H-pyrrole nitrogens is 2. The van der Waals surface area contributed by atoms with Crippen molar-refractivity contribution >= 4 is 57.5 Å². The lowest BCUT2D eigenvalue weighted by Crippen LogP contribution is -2.28. The molecular weight excluding hydrogens is 777 g/mol. The molecular formula is C36H36F4N10O4S2. The molecule has 0 radical (unpaired) electrons. The Hall–Kier alpha value is -5.18. The van der Waals surface area contributed by atoms with Crippen LogP contribution in [0, 0.1) is 23.3 Å². The summed E-state index contributed by atoms with van der Waals surface area (Å²) in [5.41, 5.74) is 0.878. The molecule has 7 rings (SSSR count). The third-order valence-electron chi connectivity index (χ3n) is 8.54. The Morgan fingerprint density at radius 3 is 1.82 bits per heavy atom. The minimum Gasteiger partial charge on any atom is -0.396 e. The Morgan fingerprint density at radius 1 is 0.732 bits per heavy atom. The van der Waals surface area contributed by atoms with E-state index in [1.54, 1.807) is 0 Å². The molecule has 20 heteroatoms. The van der Waals surface area contributed by atoms with E-state index in [0.29, 0.717) is 40.8 Å². The van der Waals surface area contributed by atoms with Crippen molar-refractivity contribution < 1.29 is 27.8 Å². The molecule has 2 aromatic carbocycles. The summed E-state index contributed by atoms with van der Waals surface area (Å²) in [5, 5.41) is 25.8. The van der Waals surface area contributed by atoms with Gasteiger partial charge in [-0.25, -0.2) is 47.5 Å². The Morgan fingerprint density at radius 2 is 1.29 bits per heavy atom. The zero-order valence-corrected chi connectivity index (χ0v) is 31.2. The smallest absolute Gasteiger partial charge is 0.268 e. The maximum absolute atomic E-state index is 13.9. The highest BCUT2D eigenvalue weighted by atomic mass is 32.2. The van der Waals surface area contributed by atoms with Crippen molar-refractivity contribution in [2.45, 2.75) is 72.5 Å². The highest BCUT2D eigenvalue weighted by Crippen LogP contribution is 2.29.